The number of amides is 1. The van der Waals surface area contributed by atoms with Crippen LogP contribution in [0.1, 0.15) is 25.7 Å². The van der Waals surface area contributed by atoms with E-state index in [1.54, 1.807) is 24.3 Å². The van der Waals surface area contributed by atoms with E-state index < -0.39 is 7.12 Å². The standard InChI is InChI=1S/C12H16BNO3/c15-12(9-3-1-2-4-9)14-11-7-5-10(6-8-11)13(16)17/h5-9,16-17H,1-4H2,(H,14,15). The first kappa shape index (κ1) is 12.1. The van der Waals surface area contributed by atoms with Crippen molar-refractivity contribution < 1.29 is 14.8 Å². The summed E-state index contributed by atoms with van der Waals surface area (Å²) in [6.07, 6.45) is 4.21. The summed E-state index contributed by atoms with van der Waals surface area (Å²) >= 11 is 0. The lowest BCUT2D eigenvalue weighted by Gasteiger charge is -2.10. The van der Waals surface area contributed by atoms with Crippen LogP contribution in [0.25, 0.3) is 0 Å². The second kappa shape index (κ2) is 5.34. The molecule has 1 fully saturated rings. The smallest absolute Gasteiger partial charge is 0.423 e. The van der Waals surface area contributed by atoms with Crippen LogP contribution in [-0.4, -0.2) is 23.1 Å². The molecule has 0 heterocycles. The summed E-state index contributed by atoms with van der Waals surface area (Å²) in [7, 11) is -1.46. The third-order valence-corrected chi connectivity index (χ3v) is 3.20. The van der Waals surface area contributed by atoms with Crippen LogP contribution in [0.2, 0.25) is 0 Å². The zero-order valence-electron chi connectivity index (χ0n) is 9.60. The average Bonchev–Trinajstić information content (AvgIpc) is 2.83. The van der Waals surface area contributed by atoms with Crippen molar-refractivity contribution in [3.8, 4) is 0 Å². The number of nitrogens with one attached hydrogen (secondary N) is 1. The molecule has 0 aliphatic heterocycles. The fourth-order valence-corrected chi connectivity index (χ4v) is 2.17. The molecule has 0 spiro atoms. The maximum atomic E-state index is 11.8. The summed E-state index contributed by atoms with van der Waals surface area (Å²) in [5, 5.41) is 20.7. The first-order valence-corrected chi connectivity index (χ1v) is 5.94. The summed E-state index contributed by atoms with van der Waals surface area (Å²) in [4.78, 5) is 11.8. The molecule has 1 aliphatic carbocycles. The zero-order chi connectivity index (χ0) is 12.3. The van der Waals surface area contributed by atoms with Crippen LogP contribution in [0.4, 0.5) is 5.69 Å². The summed E-state index contributed by atoms with van der Waals surface area (Å²) in [6, 6.07) is 6.55. The number of anilines is 1. The predicted molar refractivity (Wildman–Crippen MR) is 66.9 cm³/mol. The molecule has 0 unspecified atom stereocenters. The summed E-state index contributed by atoms with van der Waals surface area (Å²) in [6.45, 7) is 0. The Kier molecular flexibility index (Phi) is 3.81. The third-order valence-electron chi connectivity index (χ3n) is 3.20. The number of carbonyl (C=O) groups is 1. The molecule has 0 aromatic heterocycles. The predicted octanol–water partition coefficient (Wildman–Crippen LogP) is 0.495. The molecule has 4 nitrogen and oxygen atoms in total. The van der Waals surface area contributed by atoms with Crippen molar-refractivity contribution in [1.29, 1.82) is 0 Å². The van der Waals surface area contributed by atoms with Gasteiger partial charge < -0.3 is 15.4 Å². The zero-order valence-corrected chi connectivity index (χ0v) is 9.60. The topological polar surface area (TPSA) is 69.6 Å². The van der Waals surface area contributed by atoms with E-state index in [1.807, 2.05) is 0 Å². The Morgan fingerprint density at radius 1 is 1.18 bits per heavy atom. The van der Waals surface area contributed by atoms with Crippen molar-refractivity contribution in [2.45, 2.75) is 25.7 Å². The first-order chi connectivity index (χ1) is 8.16. The van der Waals surface area contributed by atoms with Crippen LogP contribution >= 0.6 is 0 Å². The Morgan fingerprint density at radius 2 is 1.76 bits per heavy atom. The van der Waals surface area contributed by atoms with Gasteiger partial charge in [0.1, 0.15) is 0 Å². The molecule has 1 aromatic rings. The Hall–Kier alpha value is -1.33. The van der Waals surface area contributed by atoms with Gasteiger partial charge in [-0.3, -0.25) is 4.79 Å². The number of carbonyl (C=O) groups excluding carboxylic acids is 1. The number of rotatable bonds is 3. The molecule has 1 saturated carbocycles. The van der Waals surface area contributed by atoms with Gasteiger partial charge in [-0.1, -0.05) is 25.0 Å². The van der Waals surface area contributed by atoms with Gasteiger partial charge in [-0.2, -0.15) is 0 Å². The van der Waals surface area contributed by atoms with E-state index in [0.29, 0.717) is 11.2 Å². The van der Waals surface area contributed by atoms with E-state index in [1.165, 1.54) is 0 Å². The van der Waals surface area contributed by atoms with E-state index >= 15 is 0 Å². The minimum atomic E-state index is -1.46. The average molecular weight is 233 g/mol. The summed E-state index contributed by atoms with van der Waals surface area (Å²) in [5.41, 5.74) is 1.12. The summed E-state index contributed by atoms with van der Waals surface area (Å²) in [5.74, 6) is 0.206. The fourth-order valence-electron chi connectivity index (χ4n) is 2.17. The second-order valence-corrected chi connectivity index (χ2v) is 4.47. The van der Waals surface area contributed by atoms with Crippen molar-refractivity contribution in [3.63, 3.8) is 0 Å². The minimum Gasteiger partial charge on any atom is -0.423 e. The normalized spacial score (nSPS) is 15.9. The minimum absolute atomic E-state index is 0.0693. The molecular formula is C12H16BNO3. The maximum Gasteiger partial charge on any atom is 0.488 e. The van der Waals surface area contributed by atoms with Crippen molar-refractivity contribution >= 4 is 24.2 Å². The van der Waals surface area contributed by atoms with Gasteiger partial charge in [-0.15, -0.1) is 0 Å². The van der Waals surface area contributed by atoms with Gasteiger partial charge in [0.25, 0.3) is 0 Å². The van der Waals surface area contributed by atoms with Crippen molar-refractivity contribution in [2.24, 2.45) is 5.92 Å². The largest absolute Gasteiger partial charge is 0.488 e. The molecule has 17 heavy (non-hydrogen) atoms. The Bertz CT molecular complexity index is 385. The quantitative estimate of drug-likeness (QED) is 0.665. The van der Waals surface area contributed by atoms with Gasteiger partial charge in [0.2, 0.25) is 5.91 Å². The van der Waals surface area contributed by atoms with Gasteiger partial charge in [-0.05, 0) is 30.4 Å². The lowest BCUT2D eigenvalue weighted by atomic mass is 9.80. The highest BCUT2D eigenvalue weighted by molar-refractivity contribution is 6.58. The van der Waals surface area contributed by atoms with Crippen molar-refractivity contribution in [2.75, 3.05) is 5.32 Å². The van der Waals surface area contributed by atoms with Crippen LogP contribution in [0.15, 0.2) is 24.3 Å². The van der Waals surface area contributed by atoms with Crippen LogP contribution in [0.3, 0.4) is 0 Å². The molecule has 3 N–H and O–H groups in total. The molecule has 0 atom stereocenters. The molecule has 0 radical (unpaired) electrons. The second-order valence-electron chi connectivity index (χ2n) is 4.47. The lowest BCUT2D eigenvalue weighted by molar-refractivity contribution is -0.119. The first-order valence-electron chi connectivity index (χ1n) is 5.94. The van der Waals surface area contributed by atoms with Gasteiger partial charge in [-0.25, -0.2) is 0 Å². The molecule has 2 rings (SSSR count). The lowest BCUT2D eigenvalue weighted by Crippen LogP contribution is -2.29. The van der Waals surface area contributed by atoms with E-state index in [-0.39, 0.29) is 11.8 Å². The highest BCUT2D eigenvalue weighted by Gasteiger charge is 2.22. The van der Waals surface area contributed by atoms with E-state index in [2.05, 4.69) is 5.32 Å². The molecule has 1 aromatic carbocycles. The van der Waals surface area contributed by atoms with Gasteiger partial charge in [0.15, 0.2) is 0 Å². The molecular weight excluding hydrogens is 217 g/mol. The van der Waals surface area contributed by atoms with E-state index in [0.717, 1.165) is 25.7 Å². The van der Waals surface area contributed by atoms with Gasteiger partial charge in [0, 0.05) is 11.6 Å². The van der Waals surface area contributed by atoms with Crippen LogP contribution in [-0.2, 0) is 4.79 Å². The van der Waals surface area contributed by atoms with Crippen LogP contribution in [0, 0.1) is 5.92 Å². The molecule has 1 aliphatic rings. The van der Waals surface area contributed by atoms with Crippen LogP contribution in [0.5, 0.6) is 0 Å². The Morgan fingerprint density at radius 3 is 2.29 bits per heavy atom. The van der Waals surface area contributed by atoms with Crippen molar-refractivity contribution in [1.82, 2.24) is 0 Å². The SMILES string of the molecule is O=C(Nc1ccc(B(O)O)cc1)C1CCCC1. The van der Waals surface area contributed by atoms with Gasteiger partial charge >= 0.3 is 7.12 Å². The number of hydrogen-bond acceptors (Lipinski definition) is 3. The molecule has 90 valence electrons. The molecule has 0 saturated heterocycles. The van der Waals surface area contributed by atoms with E-state index in [4.69, 9.17) is 10.0 Å². The monoisotopic (exact) mass is 233 g/mol. The number of benzene rings is 1. The molecule has 0 bridgehead atoms. The van der Waals surface area contributed by atoms with Gasteiger partial charge in [0.05, 0.1) is 0 Å². The third kappa shape index (κ3) is 3.08. The van der Waals surface area contributed by atoms with Crippen LogP contribution < -0.4 is 10.8 Å². The number of hydrogen-bond donors (Lipinski definition) is 3. The van der Waals surface area contributed by atoms with Crippen molar-refractivity contribution in [3.05, 3.63) is 24.3 Å². The highest BCUT2D eigenvalue weighted by Crippen LogP contribution is 2.25. The molecule has 1 amide bonds. The maximum absolute atomic E-state index is 11.8. The molecule has 5 heteroatoms. The van der Waals surface area contributed by atoms with E-state index in [9.17, 15) is 4.79 Å². The highest BCUT2D eigenvalue weighted by atomic mass is 16.4. The Labute approximate surface area is 101 Å². The summed E-state index contributed by atoms with van der Waals surface area (Å²) < 4.78 is 0. The fraction of sp³-hybridized carbons (Fsp3) is 0.417. The Balaban J connectivity index is 1.96.